The number of piperazine rings is 1. The highest BCUT2D eigenvalue weighted by atomic mass is 16.1. The van der Waals surface area contributed by atoms with Crippen molar-refractivity contribution >= 4 is 23.0 Å². The Kier molecular flexibility index (Phi) is 3.58. The third kappa shape index (κ3) is 2.67. The topological polar surface area (TPSA) is 59.4 Å². The Labute approximate surface area is 141 Å². The number of rotatable bonds is 2. The van der Waals surface area contributed by atoms with Crippen LogP contribution in [0.5, 0.6) is 0 Å². The molecule has 0 saturated carbocycles. The van der Waals surface area contributed by atoms with Crippen LogP contribution in [-0.2, 0) is 11.2 Å². The van der Waals surface area contributed by atoms with E-state index in [4.69, 9.17) is 5.26 Å². The molecule has 2 heterocycles. The lowest BCUT2D eigenvalue weighted by Gasteiger charge is -2.37. The number of nitrogens with zero attached hydrogens (tertiary/aromatic N) is 3. The van der Waals surface area contributed by atoms with Crippen molar-refractivity contribution in [1.29, 1.82) is 5.26 Å². The van der Waals surface area contributed by atoms with Crippen LogP contribution in [0.4, 0.5) is 17.1 Å². The summed E-state index contributed by atoms with van der Waals surface area (Å²) in [6, 6.07) is 16.1. The van der Waals surface area contributed by atoms with Crippen molar-refractivity contribution in [2.45, 2.75) is 6.42 Å². The summed E-state index contributed by atoms with van der Waals surface area (Å²) >= 11 is 0. The van der Waals surface area contributed by atoms with Crippen molar-refractivity contribution in [2.75, 3.05) is 41.3 Å². The van der Waals surface area contributed by atoms with Crippen LogP contribution < -0.4 is 15.1 Å². The zero-order valence-electron chi connectivity index (χ0n) is 13.3. The first-order valence-corrected chi connectivity index (χ1v) is 8.16. The number of hydrogen-bond donors (Lipinski definition) is 1. The van der Waals surface area contributed by atoms with Gasteiger partial charge in [-0.1, -0.05) is 0 Å². The maximum Gasteiger partial charge on any atom is 0.228 e. The summed E-state index contributed by atoms with van der Waals surface area (Å²) in [5.41, 5.74) is 5.08. The monoisotopic (exact) mass is 318 g/mol. The molecule has 0 spiro atoms. The van der Waals surface area contributed by atoms with Gasteiger partial charge in [0.25, 0.3) is 0 Å². The van der Waals surface area contributed by atoms with E-state index in [0.717, 1.165) is 43.1 Å². The molecule has 2 aliphatic heterocycles. The summed E-state index contributed by atoms with van der Waals surface area (Å²) in [5, 5.41) is 11.8. The van der Waals surface area contributed by atoms with E-state index in [2.05, 4.69) is 33.3 Å². The lowest BCUT2D eigenvalue weighted by atomic mass is 10.1. The number of carbonyl (C=O) groups excluding carboxylic acids is 1. The first-order chi connectivity index (χ1) is 11.7. The van der Waals surface area contributed by atoms with E-state index < -0.39 is 0 Å². The van der Waals surface area contributed by atoms with Gasteiger partial charge >= 0.3 is 0 Å². The maximum absolute atomic E-state index is 11.5. The van der Waals surface area contributed by atoms with Gasteiger partial charge in [-0.2, -0.15) is 5.26 Å². The molecule has 0 atom stereocenters. The number of anilines is 3. The number of fused-ring (bicyclic) bond motifs is 1. The molecule has 1 amide bonds. The Morgan fingerprint density at radius 1 is 0.917 bits per heavy atom. The van der Waals surface area contributed by atoms with Gasteiger partial charge < -0.3 is 15.1 Å². The number of hydrogen-bond acceptors (Lipinski definition) is 4. The minimum atomic E-state index is 0.0767. The Bertz CT molecular complexity index is 814. The molecule has 2 aliphatic rings. The van der Waals surface area contributed by atoms with E-state index in [-0.39, 0.29) is 5.91 Å². The summed E-state index contributed by atoms with van der Waals surface area (Å²) in [5.74, 6) is 0.0767. The predicted octanol–water partition coefficient (Wildman–Crippen LogP) is 2.38. The van der Waals surface area contributed by atoms with E-state index in [0.29, 0.717) is 12.0 Å². The molecule has 1 fully saturated rings. The van der Waals surface area contributed by atoms with Crippen molar-refractivity contribution in [3.8, 4) is 6.07 Å². The highest BCUT2D eigenvalue weighted by molar-refractivity contribution is 5.99. The van der Waals surface area contributed by atoms with Crippen LogP contribution >= 0.6 is 0 Å². The molecular weight excluding hydrogens is 300 g/mol. The molecule has 5 heteroatoms. The van der Waals surface area contributed by atoms with E-state index in [9.17, 15) is 4.79 Å². The molecule has 24 heavy (non-hydrogen) atoms. The molecule has 1 saturated heterocycles. The maximum atomic E-state index is 11.5. The summed E-state index contributed by atoms with van der Waals surface area (Å²) < 4.78 is 0. The highest BCUT2D eigenvalue weighted by Crippen LogP contribution is 2.29. The van der Waals surface area contributed by atoms with Gasteiger partial charge in [0.1, 0.15) is 0 Å². The van der Waals surface area contributed by atoms with Crippen LogP contribution in [0.2, 0.25) is 0 Å². The normalized spacial score (nSPS) is 16.5. The summed E-state index contributed by atoms with van der Waals surface area (Å²) in [4.78, 5) is 16.2. The first kappa shape index (κ1) is 14.6. The number of benzene rings is 2. The predicted molar refractivity (Wildman–Crippen MR) is 94.4 cm³/mol. The van der Waals surface area contributed by atoms with Gasteiger partial charge in [-0.15, -0.1) is 0 Å². The van der Waals surface area contributed by atoms with Crippen molar-refractivity contribution in [1.82, 2.24) is 0 Å². The van der Waals surface area contributed by atoms with Crippen LogP contribution in [0, 0.1) is 11.3 Å². The second kappa shape index (κ2) is 5.89. The molecule has 2 aromatic rings. The van der Waals surface area contributed by atoms with Gasteiger partial charge in [-0.25, -0.2) is 0 Å². The van der Waals surface area contributed by atoms with Crippen molar-refractivity contribution in [3.05, 3.63) is 53.6 Å². The highest BCUT2D eigenvalue weighted by Gasteiger charge is 2.21. The van der Waals surface area contributed by atoms with Crippen molar-refractivity contribution in [2.24, 2.45) is 0 Å². The van der Waals surface area contributed by atoms with E-state index >= 15 is 0 Å². The average Bonchev–Trinajstić information content (AvgIpc) is 3.01. The molecule has 1 N–H and O–H groups in total. The van der Waals surface area contributed by atoms with Gasteiger partial charge in [0, 0.05) is 43.2 Å². The Hall–Kier alpha value is -3.00. The minimum absolute atomic E-state index is 0.0767. The molecule has 0 unspecified atom stereocenters. The average molecular weight is 318 g/mol. The molecule has 0 bridgehead atoms. The number of amides is 1. The van der Waals surface area contributed by atoms with Gasteiger partial charge in [-0.05, 0) is 48.0 Å². The summed E-state index contributed by atoms with van der Waals surface area (Å²) in [6.45, 7) is 3.78. The van der Waals surface area contributed by atoms with Crippen molar-refractivity contribution < 1.29 is 4.79 Å². The van der Waals surface area contributed by atoms with Crippen LogP contribution in [0.1, 0.15) is 11.1 Å². The molecule has 0 aromatic heterocycles. The van der Waals surface area contributed by atoms with E-state index in [1.165, 1.54) is 5.69 Å². The van der Waals surface area contributed by atoms with E-state index in [1.54, 1.807) is 0 Å². The Morgan fingerprint density at radius 2 is 1.54 bits per heavy atom. The molecule has 4 rings (SSSR count). The zero-order valence-corrected chi connectivity index (χ0v) is 13.3. The molecule has 5 nitrogen and oxygen atoms in total. The van der Waals surface area contributed by atoms with Gasteiger partial charge in [0.2, 0.25) is 5.91 Å². The number of nitrogens with one attached hydrogen (secondary N) is 1. The van der Waals surface area contributed by atoms with E-state index in [1.807, 2.05) is 30.3 Å². The fourth-order valence-corrected chi connectivity index (χ4v) is 3.38. The van der Waals surface area contributed by atoms with Crippen molar-refractivity contribution in [3.63, 3.8) is 0 Å². The zero-order chi connectivity index (χ0) is 16.5. The second-order valence-corrected chi connectivity index (χ2v) is 6.20. The Morgan fingerprint density at radius 3 is 2.21 bits per heavy atom. The smallest absolute Gasteiger partial charge is 0.228 e. The fraction of sp³-hybridized carbons (Fsp3) is 0.263. The van der Waals surface area contributed by atoms with Gasteiger partial charge in [0.15, 0.2) is 0 Å². The first-order valence-electron chi connectivity index (χ1n) is 8.16. The molecule has 0 radical (unpaired) electrons. The van der Waals surface area contributed by atoms with Crippen LogP contribution in [0.3, 0.4) is 0 Å². The van der Waals surface area contributed by atoms with Crippen LogP contribution in [0.15, 0.2) is 42.5 Å². The number of carbonyl (C=O) groups is 1. The third-order valence-corrected chi connectivity index (χ3v) is 4.72. The summed E-state index contributed by atoms with van der Waals surface area (Å²) in [7, 11) is 0. The molecular formula is C19H18N4O. The SMILES string of the molecule is N#Cc1ccc(N2CCN(c3ccc4c(c3)CC(=O)N4)CC2)cc1. The second-order valence-electron chi connectivity index (χ2n) is 6.20. The lowest BCUT2D eigenvalue weighted by Crippen LogP contribution is -2.46. The summed E-state index contributed by atoms with van der Waals surface area (Å²) in [6.07, 6.45) is 0.481. The third-order valence-electron chi connectivity index (χ3n) is 4.72. The number of nitriles is 1. The molecule has 2 aromatic carbocycles. The Balaban J connectivity index is 1.44. The quantitative estimate of drug-likeness (QED) is 0.923. The fourth-order valence-electron chi connectivity index (χ4n) is 3.38. The van der Waals surface area contributed by atoms with Gasteiger partial charge in [-0.3, -0.25) is 4.79 Å². The van der Waals surface area contributed by atoms with Crippen LogP contribution in [0.25, 0.3) is 0 Å². The minimum Gasteiger partial charge on any atom is -0.368 e. The van der Waals surface area contributed by atoms with Gasteiger partial charge in [0.05, 0.1) is 18.1 Å². The molecule has 120 valence electrons. The largest absolute Gasteiger partial charge is 0.368 e. The lowest BCUT2D eigenvalue weighted by molar-refractivity contribution is -0.115. The van der Waals surface area contributed by atoms with Crippen LogP contribution in [-0.4, -0.2) is 32.1 Å². The molecule has 0 aliphatic carbocycles. The standard InChI is InChI=1S/C19H18N4O/c20-13-14-1-3-16(4-2-14)22-7-9-23(10-8-22)17-5-6-18-15(11-17)12-19(24)21-18/h1-6,11H,7-10,12H2,(H,21,24).